The van der Waals surface area contributed by atoms with Crippen LogP contribution < -0.4 is 5.32 Å². The lowest BCUT2D eigenvalue weighted by atomic mass is 10.1. The van der Waals surface area contributed by atoms with Crippen molar-refractivity contribution in [3.05, 3.63) is 42.1 Å². The van der Waals surface area contributed by atoms with Crippen LogP contribution in [0.5, 0.6) is 0 Å². The molecule has 0 spiro atoms. The van der Waals surface area contributed by atoms with Crippen molar-refractivity contribution in [1.82, 2.24) is 10.3 Å². The molecule has 0 fully saturated rings. The van der Waals surface area contributed by atoms with Crippen LogP contribution >= 0.6 is 0 Å². The van der Waals surface area contributed by atoms with E-state index in [4.69, 9.17) is 0 Å². The van der Waals surface area contributed by atoms with Crippen LogP contribution in [-0.4, -0.2) is 23.9 Å². The zero-order valence-corrected chi connectivity index (χ0v) is 11.1. The van der Waals surface area contributed by atoms with Crippen molar-refractivity contribution in [2.75, 3.05) is 13.1 Å². The number of nitrogens with one attached hydrogen (secondary N) is 1. The summed E-state index contributed by atoms with van der Waals surface area (Å²) in [6, 6.07) is 10.5. The highest BCUT2D eigenvalue weighted by molar-refractivity contribution is 5.83. The van der Waals surface area contributed by atoms with Crippen LogP contribution in [0.15, 0.2) is 41.5 Å². The maximum absolute atomic E-state index is 4.51. The van der Waals surface area contributed by atoms with E-state index in [0.29, 0.717) is 0 Å². The molecule has 0 atom stereocenters. The molecule has 3 nitrogen and oxygen atoms in total. The predicted octanol–water partition coefficient (Wildman–Crippen LogP) is 2.95. The molecule has 1 N–H and O–H groups in total. The SMILES string of the molecule is c1cnc2c(CCNC3=NCCCC3)cccc2c1. The van der Waals surface area contributed by atoms with Crippen molar-refractivity contribution in [3.8, 4) is 0 Å². The molecule has 3 heteroatoms. The molecule has 0 bridgehead atoms. The number of benzene rings is 1. The molecule has 1 aromatic carbocycles. The Morgan fingerprint density at radius 2 is 2.05 bits per heavy atom. The lowest BCUT2D eigenvalue weighted by molar-refractivity contribution is 0.705. The number of fused-ring (bicyclic) bond motifs is 1. The molecule has 0 unspecified atom stereocenters. The van der Waals surface area contributed by atoms with Crippen molar-refractivity contribution in [2.24, 2.45) is 4.99 Å². The number of aromatic nitrogens is 1. The molecular formula is C16H19N3. The number of aliphatic imine (C=N–C) groups is 1. The minimum atomic E-state index is 0.939. The molecule has 98 valence electrons. The van der Waals surface area contributed by atoms with E-state index in [1.807, 2.05) is 12.3 Å². The third-order valence-electron chi connectivity index (χ3n) is 3.56. The molecule has 0 radical (unpaired) electrons. The Balaban J connectivity index is 1.66. The molecule has 1 aliphatic heterocycles. The topological polar surface area (TPSA) is 37.3 Å². The van der Waals surface area contributed by atoms with Crippen LogP contribution in [-0.2, 0) is 6.42 Å². The van der Waals surface area contributed by atoms with E-state index in [-0.39, 0.29) is 0 Å². The quantitative estimate of drug-likeness (QED) is 0.913. The third kappa shape index (κ3) is 2.92. The summed E-state index contributed by atoms with van der Waals surface area (Å²) in [7, 11) is 0. The number of nitrogens with zero attached hydrogens (tertiary/aromatic N) is 2. The van der Waals surface area contributed by atoms with E-state index in [9.17, 15) is 0 Å². The number of hydrogen-bond donors (Lipinski definition) is 1. The average molecular weight is 253 g/mol. The second-order valence-electron chi connectivity index (χ2n) is 4.95. The summed E-state index contributed by atoms with van der Waals surface area (Å²) < 4.78 is 0. The van der Waals surface area contributed by atoms with Gasteiger partial charge in [0.1, 0.15) is 0 Å². The van der Waals surface area contributed by atoms with Gasteiger partial charge in [0.25, 0.3) is 0 Å². The molecule has 1 aliphatic rings. The van der Waals surface area contributed by atoms with Crippen molar-refractivity contribution in [2.45, 2.75) is 25.7 Å². The summed E-state index contributed by atoms with van der Waals surface area (Å²) in [4.78, 5) is 9.00. The molecule has 2 heterocycles. The van der Waals surface area contributed by atoms with Crippen LogP contribution in [0.3, 0.4) is 0 Å². The minimum Gasteiger partial charge on any atom is -0.374 e. The largest absolute Gasteiger partial charge is 0.374 e. The molecule has 1 aromatic heterocycles. The molecule has 0 saturated carbocycles. The highest BCUT2D eigenvalue weighted by Crippen LogP contribution is 2.16. The van der Waals surface area contributed by atoms with Gasteiger partial charge in [-0.3, -0.25) is 9.98 Å². The molecule has 19 heavy (non-hydrogen) atoms. The molecule has 0 saturated heterocycles. The maximum Gasteiger partial charge on any atom is 0.0963 e. The third-order valence-corrected chi connectivity index (χ3v) is 3.56. The second-order valence-corrected chi connectivity index (χ2v) is 4.95. The molecule has 2 aromatic rings. The molecule has 0 amide bonds. The number of amidine groups is 1. The zero-order chi connectivity index (χ0) is 12.9. The van der Waals surface area contributed by atoms with E-state index < -0.39 is 0 Å². The van der Waals surface area contributed by atoms with Crippen molar-refractivity contribution >= 4 is 16.7 Å². The highest BCUT2D eigenvalue weighted by atomic mass is 15.0. The first-order valence-corrected chi connectivity index (χ1v) is 7.03. The van der Waals surface area contributed by atoms with E-state index in [1.54, 1.807) is 0 Å². The van der Waals surface area contributed by atoms with Crippen LogP contribution in [0.4, 0.5) is 0 Å². The van der Waals surface area contributed by atoms with Gasteiger partial charge in [-0.2, -0.15) is 0 Å². The predicted molar refractivity (Wildman–Crippen MR) is 79.6 cm³/mol. The van der Waals surface area contributed by atoms with Crippen LogP contribution in [0.25, 0.3) is 10.9 Å². The standard InChI is InChI=1S/C16H19N3/c1-2-10-17-15(8-1)18-12-9-14-6-3-5-13-7-4-11-19-16(13)14/h3-7,11H,1-2,8-10,12H2,(H,17,18). The smallest absolute Gasteiger partial charge is 0.0963 e. The lowest BCUT2D eigenvalue weighted by Crippen LogP contribution is -2.27. The van der Waals surface area contributed by atoms with Gasteiger partial charge < -0.3 is 5.32 Å². The number of hydrogen-bond acceptors (Lipinski definition) is 3. The summed E-state index contributed by atoms with van der Waals surface area (Å²) in [6.07, 6.45) is 6.46. The first-order chi connectivity index (χ1) is 9.43. The summed E-state index contributed by atoms with van der Waals surface area (Å²) >= 11 is 0. The maximum atomic E-state index is 4.51. The minimum absolute atomic E-state index is 0.939. The van der Waals surface area contributed by atoms with E-state index in [0.717, 1.165) is 31.4 Å². The Kier molecular flexibility index (Phi) is 3.73. The van der Waals surface area contributed by atoms with Gasteiger partial charge in [0, 0.05) is 31.1 Å². The summed E-state index contributed by atoms with van der Waals surface area (Å²) in [5.74, 6) is 1.18. The molecular weight excluding hydrogens is 234 g/mol. The highest BCUT2D eigenvalue weighted by Gasteiger charge is 2.05. The number of pyridine rings is 1. The Bertz CT molecular complexity index is 584. The zero-order valence-electron chi connectivity index (χ0n) is 11.1. The lowest BCUT2D eigenvalue weighted by Gasteiger charge is -2.14. The van der Waals surface area contributed by atoms with Crippen LogP contribution in [0.2, 0.25) is 0 Å². The first-order valence-electron chi connectivity index (χ1n) is 7.03. The van der Waals surface area contributed by atoms with Gasteiger partial charge in [0.2, 0.25) is 0 Å². The Morgan fingerprint density at radius 3 is 2.95 bits per heavy atom. The summed E-state index contributed by atoms with van der Waals surface area (Å²) in [5, 5.41) is 4.67. The van der Waals surface area contributed by atoms with Crippen LogP contribution in [0, 0.1) is 0 Å². The molecule has 3 rings (SSSR count). The van der Waals surface area contributed by atoms with Gasteiger partial charge in [-0.25, -0.2) is 0 Å². The normalized spacial score (nSPS) is 15.3. The van der Waals surface area contributed by atoms with Crippen LogP contribution in [0.1, 0.15) is 24.8 Å². The van der Waals surface area contributed by atoms with Gasteiger partial charge in [0.15, 0.2) is 0 Å². The van der Waals surface area contributed by atoms with Gasteiger partial charge in [0.05, 0.1) is 11.4 Å². The van der Waals surface area contributed by atoms with Crippen molar-refractivity contribution < 1.29 is 0 Å². The number of para-hydroxylation sites is 1. The van der Waals surface area contributed by atoms with E-state index in [2.05, 4.69) is 39.6 Å². The van der Waals surface area contributed by atoms with E-state index >= 15 is 0 Å². The van der Waals surface area contributed by atoms with Gasteiger partial charge in [-0.1, -0.05) is 24.3 Å². The van der Waals surface area contributed by atoms with Crippen molar-refractivity contribution in [1.29, 1.82) is 0 Å². The monoisotopic (exact) mass is 253 g/mol. The number of rotatable bonds is 3. The summed E-state index contributed by atoms with van der Waals surface area (Å²) in [6.45, 7) is 1.92. The fourth-order valence-electron chi connectivity index (χ4n) is 2.55. The Hall–Kier alpha value is -1.90. The summed E-state index contributed by atoms with van der Waals surface area (Å²) in [5.41, 5.74) is 2.43. The average Bonchev–Trinajstić information content (AvgIpc) is 2.49. The fraction of sp³-hybridized carbons (Fsp3) is 0.375. The van der Waals surface area contributed by atoms with Crippen molar-refractivity contribution in [3.63, 3.8) is 0 Å². The Labute approximate surface area is 113 Å². The Morgan fingerprint density at radius 1 is 1.11 bits per heavy atom. The van der Waals surface area contributed by atoms with Gasteiger partial charge in [-0.05, 0) is 30.9 Å². The van der Waals surface area contributed by atoms with Gasteiger partial charge in [-0.15, -0.1) is 0 Å². The van der Waals surface area contributed by atoms with Gasteiger partial charge >= 0.3 is 0 Å². The fourth-order valence-corrected chi connectivity index (χ4v) is 2.55. The second kappa shape index (κ2) is 5.83. The van der Waals surface area contributed by atoms with E-state index in [1.165, 1.54) is 29.6 Å². The first kappa shape index (κ1) is 12.2. The molecule has 0 aliphatic carbocycles.